The molecule has 1 atom stereocenters. The number of nitrogens with zero attached hydrogens (tertiary/aromatic N) is 3. The lowest BCUT2D eigenvalue weighted by molar-refractivity contribution is -0.112. The number of hydrogen-bond acceptors (Lipinski definition) is 7. The van der Waals surface area contributed by atoms with Gasteiger partial charge in [0.2, 0.25) is 0 Å². The van der Waals surface area contributed by atoms with Crippen molar-refractivity contribution in [3.63, 3.8) is 0 Å². The molecule has 0 amide bonds. The average molecular weight is 479 g/mol. The van der Waals surface area contributed by atoms with Crippen molar-refractivity contribution in [2.24, 2.45) is 11.7 Å². The van der Waals surface area contributed by atoms with Crippen molar-refractivity contribution in [2.45, 2.75) is 51.2 Å². The van der Waals surface area contributed by atoms with Crippen molar-refractivity contribution in [3.05, 3.63) is 68.0 Å². The molecule has 6 nitrogen and oxygen atoms in total. The van der Waals surface area contributed by atoms with E-state index in [1.165, 1.54) is 16.6 Å². The molecule has 2 N–H and O–H groups in total. The van der Waals surface area contributed by atoms with Crippen LogP contribution in [0.15, 0.2) is 51.6 Å². The molecule has 0 fully saturated rings. The van der Waals surface area contributed by atoms with E-state index in [2.05, 4.69) is 6.92 Å². The maximum atomic E-state index is 13.7. The van der Waals surface area contributed by atoms with E-state index >= 15 is 0 Å². The quantitative estimate of drug-likeness (QED) is 0.236. The molecule has 170 valence electrons. The predicted octanol–water partition coefficient (Wildman–Crippen LogP) is 4.24. The second kappa shape index (κ2) is 9.94. The van der Waals surface area contributed by atoms with Crippen molar-refractivity contribution in [3.8, 4) is 6.07 Å². The zero-order valence-corrected chi connectivity index (χ0v) is 20.4. The first-order valence-electron chi connectivity index (χ1n) is 11.0. The Morgan fingerprint density at radius 3 is 2.82 bits per heavy atom. The fraction of sp³-hybridized carbons (Fsp3) is 0.360. The van der Waals surface area contributed by atoms with Gasteiger partial charge < -0.3 is 5.73 Å². The number of hydrogen-bond donors (Lipinski definition) is 1. The highest BCUT2D eigenvalue weighted by Crippen LogP contribution is 2.36. The third kappa shape index (κ3) is 4.90. The molecule has 0 aliphatic heterocycles. The van der Waals surface area contributed by atoms with Crippen LogP contribution in [0.2, 0.25) is 0 Å². The van der Waals surface area contributed by atoms with Crippen LogP contribution in [0.3, 0.4) is 0 Å². The Balaban J connectivity index is 1.73. The van der Waals surface area contributed by atoms with Gasteiger partial charge in [-0.25, -0.2) is 4.98 Å². The lowest BCUT2D eigenvalue weighted by Gasteiger charge is -2.17. The van der Waals surface area contributed by atoms with E-state index in [1.54, 1.807) is 22.8 Å². The maximum absolute atomic E-state index is 13.7. The van der Waals surface area contributed by atoms with Crippen LogP contribution >= 0.6 is 23.1 Å². The number of Topliss-reactive ketones (excluding diaryl/α,β-unsaturated/α-hetero) is 1. The SMILES string of the molecule is C/C(N)=C(/C#N)C(=O)CSc1nc2sc3c(c2c(=O)n1CCc1ccccc1)CCC(C)C3. The lowest BCUT2D eigenvalue weighted by atomic mass is 9.89. The lowest BCUT2D eigenvalue weighted by Crippen LogP contribution is -2.25. The molecule has 0 saturated heterocycles. The Hall–Kier alpha value is -2.89. The molecular weight excluding hydrogens is 452 g/mol. The summed E-state index contributed by atoms with van der Waals surface area (Å²) in [6, 6.07) is 11.9. The number of fused-ring (bicyclic) bond motifs is 3. The number of nitriles is 1. The molecule has 3 aromatic rings. The number of carbonyl (C=O) groups is 1. The van der Waals surface area contributed by atoms with Crippen molar-refractivity contribution in [1.29, 1.82) is 5.26 Å². The van der Waals surface area contributed by atoms with Crippen LogP contribution < -0.4 is 11.3 Å². The Labute approximate surface area is 201 Å². The van der Waals surface area contributed by atoms with E-state index in [9.17, 15) is 14.9 Å². The van der Waals surface area contributed by atoms with Gasteiger partial charge in [0.15, 0.2) is 10.9 Å². The summed E-state index contributed by atoms with van der Waals surface area (Å²) in [5.74, 6) is 0.252. The number of carbonyl (C=O) groups excluding carboxylic acids is 1. The van der Waals surface area contributed by atoms with E-state index < -0.39 is 0 Å². The number of nitrogens with two attached hydrogens (primary N) is 1. The van der Waals surface area contributed by atoms with Crippen molar-refractivity contribution in [1.82, 2.24) is 9.55 Å². The number of ketones is 1. The molecule has 0 spiro atoms. The van der Waals surface area contributed by atoms with Gasteiger partial charge in [0.05, 0.1) is 11.1 Å². The number of thiophene rings is 1. The molecule has 0 bridgehead atoms. The van der Waals surface area contributed by atoms with Crippen LogP contribution in [-0.4, -0.2) is 21.1 Å². The summed E-state index contributed by atoms with van der Waals surface area (Å²) in [4.78, 5) is 33.1. The van der Waals surface area contributed by atoms with E-state index in [4.69, 9.17) is 10.7 Å². The van der Waals surface area contributed by atoms with Gasteiger partial charge in [-0.1, -0.05) is 49.0 Å². The fourth-order valence-electron chi connectivity index (χ4n) is 4.17. The third-order valence-electron chi connectivity index (χ3n) is 5.96. The average Bonchev–Trinajstić information content (AvgIpc) is 3.15. The van der Waals surface area contributed by atoms with Crippen LogP contribution in [0.1, 0.15) is 36.3 Å². The molecule has 8 heteroatoms. The number of aromatic nitrogens is 2. The third-order valence-corrected chi connectivity index (χ3v) is 8.09. The molecule has 2 aromatic heterocycles. The van der Waals surface area contributed by atoms with Gasteiger partial charge in [-0.05, 0) is 49.7 Å². The highest BCUT2D eigenvalue weighted by molar-refractivity contribution is 7.99. The zero-order chi connectivity index (χ0) is 23.5. The maximum Gasteiger partial charge on any atom is 0.263 e. The van der Waals surface area contributed by atoms with E-state index in [-0.39, 0.29) is 28.4 Å². The summed E-state index contributed by atoms with van der Waals surface area (Å²) in [6.07, 6.45) is 3.65. The second-order valence-electron chi connectivity index (χ2n) is 8.50. The van der Waals surface area contributed by atoms with Crippen LogP contribution in [0, 0.1) is 17.2 Å². The summed E-state index contributed by atoms with van der Waals surface area (Å²) in [5.41, 5.74) is 8.09. The standard InChI is InChI=1S/C25H26N4O2S2/c1-15-8-9-18-21(12-15)33-23-22(18)24(31)29(11-10-17-6-4-3-5-7-17)25(28-23)32-14-20(30)19(13-26)16(2)27/h3-7,15H,8-12,14,27H2,1-2H3/b19-16+. The first-order valence-corrected chi connectivity index (χ1v) is 12.8. The summed E-state index contributed by atoms with van der Waals surface area (Å²) in [7, 11) is 0. The number of benzene rings is 1. The van der Waals surface area contributed by atoms with Crippen LogP contribution in [0.5, 0.6) is 0 Å². The van der Waals surface area contributed by atoms with E-state index in [0.717, 1.165) is 40.6 Å². The number of allylic oxidation sites excluding steroid dienone is 2. The fourth-order valence-corrected chi connectivity index (χ4v) is 6.49. The Morgan fingerprint density at radius 2 is 2.12 bits per heavy atom. The topological polar surface area (TPSA) is 102 Å². The van der Waals surface area contributed by atoms with Crippen LogP contribution in [-0.2, 0) is 30.6 Å². The summed E-state index contributed by atoms with van der Waals surface area (Å²) in [6.45, 7) is 4.25. The Bertz CT molecular complexity index is 1330. The van der Waals surface area contributed by atoms with Gasteiger partial charge in [0.1, 0.15) is 16.5 Å². The molecule has 1 aliphatic rings. The molecule has 0 radical (unpaired) electrons. The summed E-state index contributed by atoms with van der Waals surface area (Å²) in [5, 5.41) is 10.5. The monoisotopic (exact) mass is 478 g/mol. The molecule has 1 unspecified atom stereocenters. The van der Waals surface area contributed by atoms with Gasteiger partial charge in [0, 0.05) is 17.1 Å². The molecule has 1 aliphatic carbocycles. The van der Waals surface area contributed by atoms with Crippen molar-refractivity contribution < 1.29 is 4.79 Å². The van der Waals surface area contributed by atoms with Crippen molar-refractivity contribution in [2.75, 3.05) is 5.75 Å². The van der Waals surface area contributed by atoms with Crippen LogP contribution in [0.25, 0.3) is 10.2 Å². The van der Waals surface area contributed by atoms with Gasteiger partial charge in [-0.2, -0.15) is 5.26 Å². The zero-order valence-electron chi connectivity index (χ0n) is 18.8. The number of aryl methyl sites for hydroxylation is 2. The Morgan fingerprint density at radius 1 is 1.36 bits per heavy atom. The summed E-state index contributed by atoms with van der Waals surface area (Å²) < 4.78 is 1.70. The summed E-state index contributed by atoms with van der Waals surface area (Å²) >= 11 is 2.80. The first-order chi connectivity index (χ1) is 15.9. The van der Waals surface area contributed by atoms with Gasteiger partial charge in [0.25, 0.3) is 5.56 Å². The normalized spacial score (nSPS) is 16.2. The highest BCUT2D eigenvalue weighted by atomic mass is 32.2. The minimum absolute atomic E-state index is 0.00282. The second-order valence-corrected chi connectivity index (χ2v) is 10.5. The molecule has 1 aromatic carbocycles. The van der Waals surface area contributed by atoms with E-state index in [0.29, 0.717) is 24.0 Å². The minimum Gasteiger partial charge on any atom is -0.401 e. The first kappa shape index (κ1) is 23.3. The number of rotatable bonds is 7. The molecule has 0 saturated carbocycles. The molecular formula is C25H26N4O2S2. The Kier molecular flexibility index (Phi) is 7.01. The minimum atomic E-state index is -0.356. The van der Waals surface area contributed by atoms with Gasteiger partial charge in [-0.15, -0.1) is 11.3 Å². The van der Waals surface area contributed by atoms with Crippen molar-refractivity contribution >= 4 is 39.1 Å². The largest absolute Gasteiger partial charge is 0.401 e. The number of thioether (sulfide) groups is 1. The van der Waals surface area contributed by atoms with Gasteiger partial charge in [-0.3, -0.25) is 14.2 Å². The molecule has 33 heavy (non-hydrogen) atoms. The predicted molar refractivity (Wildman–Crippen MR) is 133 cm³/mol. The highest BCUT2D eigenvalue weighted by Gasteiger charge is 2.25. The molecule has 2 heterocycles. The smallest absolute Gasteiger partial charge is 0.263 e. The van der Waals surface area contributed by atoms with Gasteiger partial charge >= 0.3 is 0 Å². The molecule has 4 rings (SSSR count). The van der Waals surface area contributed by atoms with E-state index in [1.807, 2.05) is 36.4 Å². The van der Waals surface area contributed by atoms with Crippen LogP contribution in [0.4, 0.5) is 0 Å².